The summed E-state index contributed by atoms with van der Waals surface area (Å²) in [7, 11) is 0. The average Bonchev–Trinajstić information content (AvgIpc) is 2.64. The fourth-order valence-electron chi connectivity index (χ4n) is 4.09. The molecule has 0 aliphatic carbocycles. The van der Waals surface area contributed by atoms with Crippen LogP contribution in [0.1, 0.15) is 118 Å². The molecule has 0 aromatic carbocycles. The minimum atomic E-state index is 0. The van der Waals surface area contributed by atoms with Gasteiger partial charge in [0.2, 0.25) is 0 Å². The molecule has 3 heteroatoms. The maximum absolute atomic E-state index is 2.43. The lowest BCUT2D eigenvalue weighted by molar-refractivity contribution is -0.934. The van der Waals surface area contributed by atoms with E-state index in [2.05, 4.69) is 46.4 Å². The van der Waals surface area contributed by atoms with Crippen molar-refractivity contribution in [2.45, 2.75) is 123 Å². The number of hydrogen-bond acceptors (Lipinski definition) is 1. The van der Waals surface area contributed by atoms with Gasteiger partial charge in [-0.3, -0.25) is 0 Å². The molecule has 0 N–H and O–H groups in total. The number of halogens is 1. The maximum atomic E-state index is 2.43. The summed E-state index contributed by atoms with van der Waals surface area (Å²) in [6.07, 6.45) is 18.6. The summed E-state index contributed by atoms with van der Waals surface area (Å²) in [5.74, 6) is 1.27. The topological polar surface area (TPSA) is 0 Å². The second-order valence-corrected chi connectivity index (χ2v) is 9.26. The van der Waals surface area contributed by atoms with E-state index in [1.165, 1.54) is 113 Å². The van der Waals surface area contributed by atoms with E-state index in [-0.39, 0.29) is 17.0 Å². The van der Waals surface area contributed by atoms with E-state index in [4.69, 9.17) is 0 Å². The highest BCUT2D eigenvalue weighted by Crippen LogP contribution is 2.29. The first kappa shape index (κ1) is 29.0. The van der Waals surface area contributed by atoms with Gasteiger partial charge < -0.3 is 21.5 Å². The highest BCUT2D eigenvalue weighted by molar-refractivity contribution is 7.99. The van der Waals surface area contributed by atoms with Crippen LogP contribution in [0.25, 0.3) is 0 Å². The van der Waals surface area contributed by atoms with Crippen LogP contribution in [0.3, 0.4) is 0 Å². The van der Waals surface area contributed by atoms with E-state index in [1.807, 2.05) is 0 Å². The Bertz CT molecular complexity index is 269. The molecule has 26 heavy (non-hydrogen) atoms. The fourth-order valence-corrected chi connectivity index (χ4v) is 5.53. The lowest BCUT2D eigenvalue weighted by Gasteiger charge is -2.43. The summed E-state index contributed by atoms with van der Waals surface area (Å²) in [5.41, 5.74) is 0. The van der Waals surface area contributed by atoms with Crippen molar-refractivity contribution in [2.24, 2.45) is 0 Å². The third-order valence-corrected chi connectivity index (χ3v) is 7.39. The van der Waals surface area contributed by atoms with Gasteiger partial charge in [-0.15, -0.1) is 0 Å². The van der Waals surface area contributed by atoms with Gasteiger partial charge in [-0.2, -0.15) is 0 Å². The number of unbranched alkanes of at least 4 members (excludes halogenated alkanes) is 10. The van der Waals surface area contributed by atoms with Crippen molar-refractivity contribution in [2.75, 3.05) is 25.4 Å². The Morgan fingerprint density at radius 3 is 1.50 bits per heavy atom. The van der Waals surface area contributed by atoms with Crippen molar-refractivity contribution in [1.82, 2.24) is 0 Å². The third kappa shape index (κ3) is 13.0. The quantitative estimate of drug-likeness (QED) is 0.150. The van der Waals surface area contributed by atoms with Gasteiger partial charge >= 0.3 is 0 Å². The second-order valence-electron chi connectivity index (χ2n) is 7.81. The average molecular weight is 453 g/mol. The van der Waals surface area contributed by atoms with Gasteiger partial charge in [0.15, 0.2) is 0 Å². The second kappa shape index (κ2) is 20.5. The summed E-state index contributed by atoms with van der Waals surface area (Å²) < 4.78 is 1.36. The molecule has 0 amide bonds. The molecule has 0 fully saturated rings. The highest BCUT2D eigenvalue weighted by atomic mass is 79.9. The smallest absolute Gasteiger partial charge is 0.135 e. The van der Waals surface area contributed by atoms with Gasteiger partial charge in [0.05, 0.1) is 19.6 Å². The molecule has 1 nitrogen and oxygen atoms in total. The van der Waals surface area contributed by atoms with E-state index in [1.54, 1.807) is 0 Å². The van der Waals surface area contributed by atoms with Crippen molar-refractivity contribution < 1.29 is 21.5 Å². The van der Waals surface area contributed by atoms with Gasteiger partial charge in [-0.05, 0) is 38.9 Å². The first-order valence-electron chi connectivity index (χ1n) is 11.7. The van der Waals surface area contributed by atoms with E-state index in [9.17, 15) is 0 Å². The van der Waals surface area contributed by atoms with Gasteiger partial charge in [-0.1, -0.05) is 90.3 Å². The zero-order valence-corrected chi connectivity index (χ0v) is 21.2. The molecule has 0 aromatic rings. The summed E-state index contributed by atoms with van der Waals surface area (Å²) in [5, 5.41) is 0.832. The Labute approximate surface area is 181 Å². The molecule has 0 spiro atoms. The Balaban J connectivity index is 0. The van der Waals surface area contributed by atoms with Crippen LogP contribution in [-0.4, -0.2) is 35.2 Å². The zero-order valence-electron chi connectivity index (χ0n) is 18.8. The van der Waals surface area contributed by atoms with Gasteiger partial charge in [-0.25, -0.2) is 0 Å². The van der Waals surface area contributed by atoms with E-state index >= 15 is 0 Å². The van der Waals surface area contributed by atoms with Gasteiger partial charge in [0.1, 0.15) is 5.37 Å². The molecule has 0 saturated carbocycles. The first-order valence-corrected chi connectivity index (χ1v) is 12.7. The van der Waals surface area contributed by atoms with E-state index < -0.39 is 0 Å². The number of thioether (sulfide) groups is 1. The standard InChI is InChI=1S/C23H50NS.BrH/c1-6-11-13-14-15-16-17-18-19-20-22-24(8-3,9-4)23(25-10-5)21-12-7-2;/h23H,6-22H2,1-5H3;1H/q+1;/p-1. The van der Waals surface area contributed by atoms with Crippen LogP contribution >= 0.6 is 11.8 Å². The van der Waals surface area contributed by atoms with Gasteiger partial charge in [0.25, 0.3) is 0 Å². The highest BCUT2D eigenvalue weighted by Gasteiger charge is 2.32. The van der Waals surface area contributed by atoms with Gasteiger partial charge in [0, 0.05) is 6.42 Å². The van der Waals surface area contributed by atoms with Crippen LogP contribution in [0, 0.1) is 0 Å². The largest absolute Gasteiger partial charge is 1.00 e. The summed E-state index contributed by atoms with van der Waals surface area (Å²) >= 11 is 2.23. The van der Waals surface area contributed by atoms with Crippen LogP contribution in [0.2, 0.25) is 0 Å². The van der Waals surface area contributed by atoms with Crippen LogP contribution in [-0.2, 0) is 0 Å². The monoisotopic (exact) mass is 451 g/mol. The molecule has 0 radical (unpaired) electrons. The molecule has 0 aliphatic heterocycles. The van der Waals surface area contributed by atoms with E-state index in [0.717, 1.165) is 5.37 Å². The number of rotatable bonds is 19. The molecular weight excluding hydrogens is 402 g/mol. The predicted octanol–water partition coefficient (Wildman–Crippen LogP) is 5.04. The molecule has 0 saturated heterocycles. The summed E-state index contributed by atoms with van der Waals surface area (Å²) in [4.78, 5) is 0. The number of nitrogens with zero attached hydrogens (tertiary/aromatic N) is 1. The van der Waals surface area contributed by atoms with E-state index in [0.29, 0.717) is 0 Å². The van der Waals surface area contributed by atoms with Crippen molar-refractivity contribution in [1.29, 1.82) is 0 Å². The Kier molecular flexibility index (Phi) is 22.9. The van der Waals surface area contributed by atoms with Crippen molar-refractivity contribution in [3.63, 3.8) is 0 Å². The normalized spacial score (nSPS) is 12.8. The zero-order chi connectivity index (χ0) is 18.8. The van der Waals surface area contributed by atoms with Crippen molar-refractivity contribution in [3.8, 4) is 0 Å². The van der Waals surface area contributed by atoms with Crippen LogP contribution in [0.5, 0.6) is 0 Å². The molecule has 160 valence electrons. The Morgan fingerprint density at radius 2 is 1.08 bits per heavy atom. The molecule has 0 rings (SSSR count). The lowest BCUT2D eigenvalue weighted by Crippen LogP contribution is -3.00. The molecule has 1 unspecified atom stereocenters. The fraction of sp³-hybridized carbons (Fsp3) is 1.00. The van der Waals surface area contributed by atoms with Crippen molar-refractivity contribution in [3.05, 3.63) is 0 Å². The SMILES string of the molecule is CCCCCCCCCCCC[N+](CC)(CC)C(CCCC)SCC.[Br-]. The third-order valence-electron chi connectivity index (χ3n) is 5.99. The van der Waals surface area contributed by atoms with Crippen molar-refractivity contribution >= 4 is 11.8 Å². The number of quaternary nitrogens is 1. The molecule has 1 atom stereocenters. The summed E-state index contributed by atoms with van der Waals surface area (Å²) in [6.45, 7) is 15.9. The Hall–Kier alpha value is 0.790. The lowest BCUT2D eigenvalue weighted by atomic mass is 10.1. The Morgan fingerprint density at radius 1 is 0.615 bits per heavy atom. The maximum Gasteiger partial charge on any atom is 0.135 e. The van der Waals surface area contributed by atoms with Crippen LogP contribution in [0.15, 0.2) is 0 Å². The molecule has 0 aromatic heterocycles. The first-order chi connectivity index (χ1) is 12.2. The predicted molar refractivity (Wildman–Crippen MR) is 119 cm³/mol. The molecule has 0 bridgehead atoms. The van der Waals surface area contributed by atoms with Crippen LogP contribution in [0.4, 0.5) is 0 Å². The minimum Gasteiger partial charge on any atom is -1.00 e. The summed E-state index contributed by atoms with van der Waals surface area (Å²) in [6, 6.07) is 0. The van der Waals surface area contributed by atoms with Crippen LogP contribution < -0.4 is 17.0 Å². The number of hydrogen-bond donors (Lipinski definition) is 0. The molecular formula is C23H50BrNS. The molecule has 0 heterocycles. The molecule has 0 aliphatic rings. The minimum absolute atomic E-state index is 0.